The lowest BCUT2D eigenvalue weighted by Gasteiger charge is -2.30. The van der Waals surface area contributed by atoms with Crippen molar-refractivity contribution in [1.82, 2.24) is 5.32 Å². The van der Waals surface area contributed by atoms with Gasteiger partial charge in [0, 0.05) is 5.54 Å². The summed E-state index contributed by atoms with van der Waals surface area (Å²) in [6.45, 7) is 7.84. The molecular weight excluding hydrogens is 168 g/mol. The quantitative estimate of drug-likeness (QED) is 0.624. The molecule has 0 atom stereocenters. The number of carbonyl (C=O) groups excluding carboxylic acids is 2. The number of nitrogens with one attached hydrogen (secondary N) is 1. The molecule has 76 valence electrons. The highest BCUT2D eigenvalue weighted by molar-refractivity contribution is 5.96. The van der Waals surface area contributed by atoms with Crippen LogP contribution < -0.4 is 11.1 Å². The summed E-state index contributed by atoms with van der Waals surface area (Å²) in [6, 6.07) is 0. The van der Waals surface area contributed by atoms with Crippen molar-refractivity contribution in [2.45, 2.75) is 39.7 Å². The molecule has 0 saturated heterocycles. The van der Waals surface area contributed by atoms with Crippen LogP contribution in [0.1, 0.15) is 34.1 Å². The first-order chi connectivity index (χ1) is 5.75. The van der Waals surface area contributed by atoms with Crippen molar-refractivity contribution in [2.24, 2.45) is 11.7 Å². The van der Waals surface area contributed by atoms with E-state index < -0.39 is 5.91 Å². The molecule has 0 bridgehead atoms. The summed E-state index contributed by atoms with van der Waals surface area (Å²) in [5.74, 6) is -0.604. The second kappa shape index (κ2) is 4.25. The number of primary amides is 1. The number of hydrogen-bond donors (Lipinski definition) is 2. The SMILES string of the molecule is CC(C)C(C)(C)NC(=O)CC(N)=O. The van der Waals surface area contributed by atoms with E-state index in [4.69, 9.17) is 5.73 Å². The first-order valence-electron chi connectivity index (χ1n) is 4.35. The van der Waals surface area contributed by atoms with Gasteiger partial charge >= 0.3 is 0 Å². The second-order valence-electron chi connectivity index (χ2n) is 4.07. The van der Waals surface area contributed by atoms with Gasteiger partial charge in [0.25, 0.3) is 0 Å². The normalized spacial score (nSPS) is 11.5. The van der Waals surface area contributed by atoms with E-state index in [2.05, 4.69) is 5.32 Å². The van der Waals surface area contributed by atoms with Crippen LogP contribution in [-0.2, 0) is 9.59 Å². The predicted molar refractivity (Wildman–Crippen MR) is 50.9 cm³/mol. The lowest BCUT2D eigenvalue weighted by molar-refractivity contribution is -0.128. The maximum absolute atomic E-state index is 11.2. The first kappa shape index (κ1) is 11.9. The van der Waals surface area contributed by atoms with Gasteiger partial charge in [-0.05, 0) is 19.8 Å². The molecule has 0 aromatic carbocycles. The summed E-state index contributed by atoms with van der Waals surface area (Å²) in [5, 5.41) is 2.75. The number of carbonyl (C=O) groups is 2. The molecule has 0 aliphatic heterocycles. The van der Waals surface area contributed by atoms with E-state index in [1.54, 1.807) is 0 Å². The van der Waals surface area contributed by atoms with Gasteiger partial charge in [0.2, 0.25) is 11.8 Å². The molecule has 13 heavy (non-hydrogen) atoms. The van der Waals surface area contributed by atoms with Crippen LogP contribution in [0.15, 0.2) is 0 Å². The van der Waals surface area contributed by atoms with Crippen molar-refractivity contribution in [3.8, 4) is 0 Å². The molecule has 0 fully saturated rings. The van der Waals surface area contributed by atoms with E-state index in [1.165, 1.54) is 0 Å². The average molecular weight is 186 g/mol. The Morgan fingerprint density at radius 1 is 1.38 bits per heavy atom. The van der Waals surface area contributed by atoms with E-state index >= 15 is 0 Å². The number of rotatable bonds is 4. The summed E-state index contributed by atoms with van der Waals surface area (Å²) in [4.78, 5) is 21.6. The average Bonchev–Trinajstić information content (AvgIpc) is 1.82. The van der Waals surface area contributed by atoms with Crippen LogP contribution in [0.5, 0.6) is 0 Å². The van der Waals surface area contributed by atoms with Gasteiger partial charge in [0.15, 0.2) is 0 Å². The fourth-order valence-corrected chi connectivity index (χ4v) is 0.706. The topological polar surface area (TPSA) is 72.2 Å². The summed E-state index contributed by atoms with van der Waals surface area (Å²) >= 11 is 0. The molecule has 0 unspecified atom stereocenters. The molecule has 0 rings (SSSR count). The minimum Gasteiger partial charge on any atom is -0.369 e. The van der Waals surface area contributed by atoms with Crippen LogP contribution in [0, 0.1) is 5.92 Å². The highest BCUT2D eigenvalue weighted by Crippen LogP contribution is 2.14. The minimum atomic E-state index is -0.600. The molecule has 0 aromatic heterocycles. The van der Waals surface area contributed by atoms with E-state index in [-0.39, 0.29) is 17.9 Å². The first-order valence-corrected chi connectivity index (χ1v) is 4.35. The van der Waals surface area contributed by atoms with Crippen LogP contribution in [0.4, 0.5) is 0 Å². The third-order valence-corrected chi connectivity index (χ3v) is 2.24. The Balaban J connectivity index is 4.12. The van der Waals surface area contributed by atoms with Gasteiger partial charge in [-0.1, -0.05) is 13.8 Å². The van der Waals surface area contributed by atoms with Crippen LogP contribution in [0.2, 0.25) is 0 Å². The molecule has 0 aliphatic rings. The molecule has 0 saturated carbocycles. The zero-order chi connectivity index (χ0) is 10.6. The summed E-state index contributed by atoms with van der Waals surface area (Å²) in [6.07, 6.45) is -0.240. The molecule has 0 aliphatic carbocycles. The highest BCUT2D eigenvalue weighted by atomic mass is 16.2. The fraction of sp³-hybridized carbons (Fsp3) is 0.778. The van der Waals surface area contributed by atoms with E-state index in [9.17, 15) is 9.59 Å². The monoisotopic (exact) mass is 186 g/mol. The summed E-state index contributed by atoms with van der Waals surface area (Å²) < 4.78 is 0. The maximum atomic E-state index is 11.2. The van der Waals surface area contributed by atoms with E-state index in [1.807, 2.05) is 27.7 Å². The Labute approximate surface area is 78.9 Å². The van der Waals surface area contributed by atoms with Gasteiger partial charge in [0.1, 0.15) is 6.42 Å². The highest BCUT2D eigenvalue weighted by Gasteiger charge is 2.24. The van der Waals surface area contributed by atoms with Crippen molar-refractivity contribution in [2.75, 3.05) is 0 Å². The third-order valence-electron chi connectivity index (χ3n) is 2.24. The van der Waals surface area contributed by atoms with Gasteiger partial charge in [-0.2, -0.15) is 0 Å². The van der Waals surface area contributed by atoms with Crippen molar-refractivity contribution in [3.05, 3.63) is 0 Å². The number of hydrogen-bond acceptors (Lipinski definition) is 2. The van der Waals surface area contributed by atoms with Crippen LogP contribution in [0.25, 0.3) is 0 Å². The largest absolute Gasteiger partial charge is 0.369 e. The van der Waals surface area contributed by atoms with Crippen molar-refractivity contribution in [1.29, 1.82) is 0 Å². The van der Waals surface area contributed by atoms with Crippen molar-refractivity contribution >= 4 is 11.8 Å². The van der Waals surface area contributed by atoms with Crippen molar-refractivity contribution in [3.63, 3.8) is 0 Å². The Morgan fingerprint density at radius 3 is 2.15 bits per heavy atom. The summed E-state index contributed by atoms with van der Waals surface area (Å²) in [7, 11) is 0. The van der Waals surface area contributed by atoms with Gasteiger partial charge in [-0.3, -0.25) is 9.59 Å². The molecule has 2 amide bonds. The third kappa shape index (κ3) is 4.50. The number of amides is 2. The predicted octanol–water partition coefficient (Wildman–Crippen LogP) is 0.413. The van der Waals surface area contributed by atoms with Gasteiger partial charge in [-0.25, -0.2) is 0 Å². The fourth-order valence-electron chi connectivity index (χ4n) is 0.706. The zero-order valence-corrected chi connectivity index (χ0v) is 8.68. The summed E-state index contributed by atoms with van der Waals surface area (Å²) in [5.41, 5.74) is 4.59. The second-order valence-corrected chi connectivity index (χ2v) is 4.07. The Bertz CT molecular complexity index is 210. The van der Waals surface area contributed by atoms with Crippen LogP contribution in [0.3, 0.4) is 0 Å². The molecule has 0 heterocycles. The smallest absolute Gasteiger partial charge is 0.229 e. The van der Waals surface area contributed by atoms with Gasteiger partial charge in [0.05, 0.1) is 0 Å². The Kier molecular flexibility index (Phi) is 3.91. The zero-order valence-electron chi connectivity index (χ0n) is 8.68. The molecule has 3 N–H and O–H groups in total. The van der Waals surface area contributed by atoms with Gasteiger partial charge < -0.3 is 11.1 Å². The number of nitrogens with two attached hydrogens (primary N) is 1. The lowest BCUT2D eigenvalue weighted by atomic mass is 9.90. The molecular formula is C9H18N2O2. The van der Waals surface area contributed by atoms with E-state index in [0.29, 0.717) is 5.92 Å². The van der Waals surface area contributed by atoms with E-state index in [0.717, 1.165) is 0 Å². The molecule has 0 aromatic rings. The Hall–Kier alpha value is -1.06. The maximum Gasteiger partial charge on any atom is 0.229 e. The van der Waals surface area contributed by atoms with Gasteiger partial charge in [-0.15, -0.1) is 0 Å². The molecule has 4 nitrogen and oxygen atoms in total. The molecule has 0 spiro atoms. The Morgan fingerprint density at radius 2 is 1.85 bits per heavy atom. The van der Waals surface area contributed by atoms with Crippen LogP contribution >= 0.6 is 0 Å². The standard InChI is InChI=1S/C9H18N2O2/c1-6(2)9(3,4)11-8(13)5-7(10)12/h6H,5H2,1-4H3,(H2,10,12)(H,11,13). The lowest BCUT2D eigenvalue weighted by Crippen LogP contribution is -2.48. The molecule has 4 heteroatoms. The molecule has 0 radical (unpaired) electrons. The van der Waals surface area contributed by atoms with Crippen LogP contribution in [-0.4, -0.2) is 17.4 Å². The minimum absolute atomic E-state index is 0.240. The van der Waals surface area contributed by atoms with Crippen molar-refractivity contribution < 1.29 is 9.59 Å².